The van der Waals surface area contributed by atoms with E-state index in [0.29, 0.717) is 12.3 Å². The Morgan fingerprint density at radius 1 is 0.970 bits per heavy atom. The van der Waals surface area contributed by atoms with E-state index in [2.05, 4.69) is 5.10 Å². The van der Waals surface area contributed by atoms with E-state index in [9.17, 15) is 40.2 Å². The van der Waals surface area contributed by atoms with E-state index in [1.54, 1.807) is 0 Å². The highest BCUT2D eigenvalue weighted by Crippen LogP contribution is 2.46. The number of nitrogens with zero attached hydrogens (tertiary/aromatic N) is 4. The van der Waals surface area contributed by atoms with Crippen LogP contribution in [0.15, 0.2) is 23.3 Å². The predicted octanol–water partition coefficient (Wildman–Crippen LogP) is 1.91. The third-order valence-electron chi connectivity index (χ3n) is 4.11. The number of nitrogens with one attached hydrogen (secondary N) is 1. The summed E-state index contributed by atoms with van der Waals surface area (Å²) >= 11 is 0. The van der Waals surface area contributed by atoms with Crippen molar-refractivity contribution in [2.75, 3.05) is 21.3 Å². The first-order chi connectivity index (χ1) is 15.6. The van der Waals surface area contributed by atoms with Gasteiger partial charge in [0, 0.05) is 12.1 Å². The molecule has 0 aliphatic rings. The van der Waals surface area contributed by atoms with Crippen LogP contribution in [0.4, 0.5) is 17.1 Å². The number of hydrogen-bond acceptors (Lipinski definition) is 12. The Hall–Kier alpha value is -5.02. The van der Waals surface area contributed by atoms with E-state index < -0.39 is 60.4 Å². The molecule has 0 bridgehead atoms. The molecule has 16 nitrogen and oxygen atoms in total. The number of methoxy groups -OCH3 is 3. The smallest absolute Gasteiger partial charge is 0.327 e. The molecule has 0 aromatic heterocycles. The summed E-state index contributed by atoms with van der Waals surface area (Å²) < 4.78 is 15.1. The summed E-state index contributed by atoms with van der Waals surface area (Å²) in [7, 11) is 3.54. The highest BCUT2D eigenvalue weighted by atomic mass is 16.6. The zero-order valence-electron chi connectivity index (χ0n) is 17.1. The fourth-order valence-electron chi connectivity index (χ4n) is 2.68. The maximum absolute atomic E-state index is 12.6. The third kappa shape index (κ3) is 4.84. The monoisotopic (exact) mass is 465 g/mol. The van der Waals surface area contributed by atoms with Crippen LogP contribution in [0.2, 0.25) is 0 Å². The number of non-ortho nitro benzene ring substituents is 1. The quantitative estimate of drug-likeness (QED) is 0.309. The Morgan fingerprint density at radius 3 is 2.09 bits per heavy atom. The van der Waals surface area contributed by atoms with Crippen molar-refractivity contribution < 1.29 is 38.9 Å². The summed E-state index contributed by atoms with van der Waals surface area (Å²) in [6.07, 6.45) is 0.692. The number of amides is 1. The number of hydrazone groups is 1. The highest BCUT2D eigenvalue weighted by molar-refractivity contribution is 6.01. The van der Waals surface area contributed by atoms with Crippen LogP contribution in [0.1, 0.15) is 15.9 Å². The molecule has 0 aliphatic heterocycles. The molecular weight excluding hydrogens is 450 g/mol. The SMILES string of the molecule is COc1cc(C(=O)N/N=C/c2cc([N+](=O)[O-])cc([N+](=O)[O-])c2O)c([N+](=O)[O-])c(OC)c1OC. The molecule has 0 aliphatic carbocycles. The maximum Gasteiger partial charge on any atom is 0.327 e. The summed E-state index contributed by atoms with van der Waals surface area (Å²) in [5.74, 6) is -2.68. The van der Waals surface area contributed by atoms with Gasteiger partial charge in [-0.2, -0.15) is 5.10 Å². The molecule has 33 heavy (non-hydrogen) atoms. The van der Waals surface area contributed by atoms with Crippen LogP contribution in [0, 0.1) is 30.3 Å². The van der Waals surface area contributed by atoms with Crippen molar-refractivity contribution in [3.05, 3.63) is 59.7 Å². The second-order valence-electron chi connectivity index (χ2n) is 5.91. The summed E-state index contributed by atoms with van der Waals surface area (Å²) in [4.78, 5) is 43.2. The van der Waals surface area contributed by atoms with Gasteiger partial charge >= 0.3 is 11.4 Å². The van der Waals surface area contributed by atoms with Crippen LogP contribution in [0.3, 0.4) is 0 Å². The van der Waals surface area contributed by atoms with E-state index >= 15 is 0 Å². The van der Waals surface area contributed by atoms with Crippen molar-refractivity contribution in [1.29, 1.82) is 0 Å². The Kier molecular flexibility index (Phi) is 7.24. The minimum Gasteiger partial charge on any atom is -0.502 e. The van der Waals surface area contributed by atoms with E-state index in [4.69, 9.17) is 14.2 Å². The predicted molar refractivity (Wildman–Crippen MR) is 109 cm³/mol. The van der Waals surface area contributed by atoms with Gasteiger partial charge in [0.2, 0.25) is 17.2 Å². The summed E-state index contributed by atoms with van der Waals surface area (Å²) in [5, 5.41) is 47.0. The highest BCUT2D eigenvalue weighted by Gasteiger charge is 2.32. The number of hydrogen-bond donors (Lipinski definition) is 2. The summed E-state index contributed by atoms with van der Waals surface area (Å²) in [6, 6.07) is 2.32. The standard InChI is InChI=1S/C17H15N5O11/c1-31-12-6-10(13(22(29)30)16(33-3)15(12)32-2)17(24)19-18-7-8-4-9(20(25)26)5-11(14(8)23)21(27)28/h4-7,23H,1-3H3,(H,19,24)/b18-7+. The summed E-state index contributed by atoms with van der Waals surface area (Å²) in [6.45, 7) is 0. The molecule has 2 N–H and O–H groups in total. The number of aromatic hydroxyl groups is 1. The van der Waals surface area contributed by atoms with Gasteiger partial charge in [-0.15, -0.1) is 0 Å². The molecule has 174 valence electrons. The van der Waals surface area contributed by atoms with E-state index in [1.807, 2.05) is 5.43 Å². The molecular formula is C17H15N5O11. The molecule has 2 aromatic rings. The van der Waals surface area contributed by atoms with Gasteiger partial charge in [-0.05, 0) is 0 Å². The fourth-order valence-corrected chi connectivity index (χ4v) is 2.68. The van der Waals surface area contributed by atoms with Crippen molar-refractivity contribution in [2.45, 2.75) is 0 Å². The zero-order chi connectivity index (χ0) is 24.9. The van der Waals surface area contributed by atoms with Crippen molar-refractivity contribution in [1.82, 2.24) is 5.43 Å². The molecule has 2 aromatic carbocycles. The molecule has 0 fully saturated rings. The number of carbonyl (C=O) groups excluding carboxylic acids is 1. The first kappa shape index (κ1) is 24.3. The fraction of sp³-hybridized carbons (Fsp3) is 0.176. The number of nitro benzene ring substituents is 3. The number of benzene rings is 2. The van der Waals surface area contributed by atoms with E-state index in [0.717, 1.165) is 19.2 Å². The minimum absolute atomic E-state index is 0.0685. The lowest BCUT2D eigenvalue weighted by Gasteiger charge is -2.14. The number of phenolic OH excluding ortho intramolecular Hbond substituents is 1. The topological polar surface area (TPSA) is 219 Å². The Morgan fingerprint density at radius 2 is 1.61 bits per heavy atom. The minimum atomic E-state index is -1.13. The van der Waals surface area contributed by atoms with Crippen LogP contribution in [0.25, 0.3) is 0 Å². The van der Waals surface area contributed by atoms with Gasteiger partial charge in [0.05, 0.1) is 53.9 Å². The maximum atomic E-state index is 12.6. The molecule has 16 heteroatoms. The second-order valence-corrected chi connectivity index (χ2v) is 5.91. The largest absolute Gasteiger partial charge is 0.502 e. The van der Waals surface area contributed by atoms with E-state index in [-0.39, 0.29) is 11.5 Å². The number of rotatable bonds is 9. The Balaban J connectivity index is 2.49. The lowest BCUT2D eigenvalue weighted by atomic mass is 10.1. The van der Waals surface area contributed by atoms with Gasteiger partial charge < -0.3 is 19.3 Å². The molecule has 0 unspecified atom stereocenters. The van der Waals surface area contributed by atoms with Gasteiger partial charge in [-0.1, -0.05) is 0 Å². The number of ether oxygens (including phenoxy) is 3. The lowest BCUT2D eigenvalue weighted by Crippen LogP contribution is -2.20. The van der Waals surface area contributed by atoms with Gasteiger partial charge in [0.25, 0.3) is 11.6 Å². The molecule has 0 heterocycles. The normalized spacial score (nSPS) is 10.5. The number of nitro groups is 3. The molecule has 0 saturated heterocycles. The molecule has 0 spiro atoms. The van der Waals surface area contributed by atoms with Gasteiger partial charge in [-0.3, -0.25) is 35.1 Å². The van der Waals surface area contributed by atoms with Crippen LogP contribution in [-0.2, 0) is 0 Å². The van der Waals surface area contributed by atoms with Gasteiger partial charge in [0.1, 0.15) is 5.56 Å². The third-order valence-corrected chi connectivity index (χ3v) is 4.11. The van der Waals surface area contributed by atoms with Crippen LogP contribution < -0.4 is 19.6 Å². The molecule has 0 atom stereocenters. The van der Waals surface area contributed by atoms with Crippen LogP contribution in [0.5, 0.6) is 23.0 Å². The Labute approximate surface area is 183 Å². The lowest BCUT2D eigenvalue weighted by molar-refractivity contribution is -0.394. The first-order valence-electron chi connectivity index (χ1n) is 8.53. The van der Waals surface area contributed by atoms with Crippen LogP contribution >= 0.6 is 0 Å². The van der Waals surface area contributed by atoms with Crippen molar-refractivity contribution in [2.24, 2.45) is 5.10 Å². The van der Waals surface area contributed by atoms with Crippen molar-refractivity contribution in [3.8, 4) is 23.0 Å². The van der Waals surface area contributed by atoms with Crippen LogP contribution in [-0.4, -0.2) is 53.3 Å². The first-order valence-corrected chi connectivity index (χ1v) is 8.53. The zero-order valence-corrected chi connectivity index (χ0v) is 17.1. The molecule has 0 radical (unpaired) electrons. The second kappa shape index (κ2) is 9.86. The molecule has 1 amide bonds. The van der Waals surface area contributed by atoms with Crippen molar-refractivity contribution >= 4 is 29.2 Å². The molecule has 2 rings (SSSR count). The van der Waals surface area contributed by atoms with Gasteiger partial charge in [-0.25, -0.2) is 5.43 Å². The average Bonchev–Trinajstić information content (AvgIpc) is 2.77. The summed E-state index contributed by atoms with van der Waals surface area (Å²) in [5.41, 5.74) is -1.52. The molecule has 0 saturated carbocycles. The number of phenols is 1. The average molecular weight is 465 g/mol. The number of carbonyl (C=O) groups is 1. The van der Waals surface area contributed by atoms with E-state index in [1.165, 1.54) is 14.2 Å². The van der Waals surface area contributed by atoms with Gasteiger partial charge in [0.15, 0.2) is 5.75 Å². The Bertz CT molecular complexity index is 1180. The van der Waals surface area contributed by atoms with Crippen molar-refractivity contribution in [3.63, 3.8) is 0 Å².